The Balaban J connectivity index is 1.51. The highest BCUT2D eigenvalue weighted by Gasteiger charge is 2.43. The number of hydrogen-bond acceptors (Lipinski definition) is 8. The van der Waals surface area contributed by atoms with Gasteiger partial charge in [0.05, 0.1) is 11.8 Å². The molecule has 0 radical (unpaired) electrons. The summed E-state index contributed by atoms with van der Waals surface area (Å²) in [5.74, 6) is 0.698. The average Bonchev–Trinajstić information content (AvgIpc) is 3.03. The monoisotopic (exact) mass is 439 g/mol. The molecule has 1 spiro atoms. The summed E-state index contributed by atoms with van der Waals surface area (Å²) < 4.78 is 39.8. The third-order valence-corrected chi connectivity index (χ3v) is 7.28. The summed E-state index contributed by atoms with van der Waals surface area (Å²) in [5, 5.41) is 0.196. The van der Waals surface area contributed by atoms with Crippen molar-refractivity contribution in [2.45, 2.75) is 54.2 Å². The largest absolute Gasteiger partial charge is 0.418 e. The molecule has 2 fully saturated rings. The van der Waals surface area contributed by atoms with Crippen molar-refractivity contribution in [2.24, 2.45) is 11.1 Å². The van der Waals surface area contributed by atoms with Crippen molar-refractivity contribution in [3.8, 4) is 0 Å². The first kappa shape index (κ1) is 21.0. The van der Waals surface area contributed by atoms with Crippen molar-refractivity contribution in [1.82, 2.24) is 15.0 Å². The molecular formula is C19H24F3N7S. The second-order valence-corrected chi connectivity index (χ2v) is 9.00. The number of hydrogen-bond donors (Lipinski definition) is 3. The Hall–Kier alpha value is -2.27. The third-order valence-electron chi connectivity index (χ3n) is 6.21. The summed E-state index contributed by atoms with van der Waals surface area (Å²) in [6, 6.07) is 1.42. The Kier molecular flexibility index (Phi) is 5.43. The van der Waals surface area contributed by atoms with Crippen LogP contribution in [-0.2, 0) is 6.18 Å². The topological polar surface area (TPSA) is 120 Å². The van der Waals surface area contributed by atoms with Crippen LogP contribution in [0.3, 0.4) is 0 Å². The molecule has 0 aromatic carbocycles. The number of anilines is 3. The van der Waals surface area contributed by atoms with Gasteiger partial charge in [-0.1, -0.05) is 18.2 Å². The first-order valence-electron chi connectivity index (χ1n) is 9.82. The molecule has 162 valence electrons. The molecule has 2 aromatic heterocycles. The molecule has 3 heterocycles. The highest BCUT2D eigenvalue weighted by molar-refractivity contribution is 7.99. The maximum Gasteiger partial charge on any atom is 0.418 e. The number of nitrogen functional groups attached to an aromatic ring is 2. The SMILES string of the molecule is Nc1cc(Sc2ncc(N3CCC4(CCC[C@H]4N)CC3)nc2N)c(C(F)(F)F)cn1. The molecule has 0 amide bonds. The van der Waals surface area contributed by atoms with Crippen LogP contribution in [0.25, 0.3) is 0 Å². The molecule has 1 aliphatic carbocycles. The molecule has 1 aliphatic heterocycles. The Morgan fingerprint density at radius 2 is 1.83 bits per heavy atom. The number of aromatic nitrogens is 3. The van der Waals surface area contributed by atoms with Gasteiger partial charge in [0.25, 0.3) is 0 Å². The van der Waals surface area contributed by atoms with Crippen LogP contribution >= 0.6 is 11.8 Å². The number of rotatable bonds is 3. The van der Waals surface area contributed by atoms with Gasteiger partial charge in [0.15, 0.2) is 5.82 Å². The normalized spacial score (nSPS) is 21.3. The van der Waals surface area contributed by atoms with Crippen molar-refractivity contribution >= 4 is 29.2 Å². The van der Waals surface area contributed by atoms with Crippen molar-refractivity contribution in [1.29, 1.82) is 0 Å². The van der Waals surface area contributed by atoms with Gasteiger partial charge in [-0.25, -0.2) is 15.0 Å². The van der Waals surface area contributed by atoms with Crippen LogP contribution in [0.15, 0.2) is 28.4 Å². The van der Waals surface area contributed by atoms with Gasteiger partial charge in [0.1, 0.15) is 16.7 Å². The lowest BCUT2D eigenvalue weighted by Crippen LogP contribution is -2.47. The zero-order chi connectivity index (χ0) is 21.5. The van der Waals surface area contributed by atoms with E-state index < -0.39 is 11.7 Å². The van der Waals surface area contributed by atoms with Gasteiger partial charge in [0.2, 0.25) is 0 Å². The lowest BCUT2D eigenvalue weighted by atomic mass is 9.74. The van der Waals surface area contributed by atoms with E-state index in [1.54, 1.807) is 6.20 Å². The van der Waals surface area contributed by atoms with Gasteiger partial charge in [-0.15, -0.1) is 0 Å². The second-order valence-electron chi connectivity index (χ2n) is 7.97. The van der Waals surface area contributed by atoms with E-state index in [2.05, 4.69) is 19.9 Å². The van der Waals surface area contributed by atoms with E-state index in [9.17, 15) is 13.2 Å². The number of piperidine rings is 1. The standard InChI is InChI=1S/C19H24F3N7S/c20-19(21,22)11-9-26-14(24)8-12(11)30-17-16(25)28-15(10-27-17)29-6-4-18(5-7-29)3-1-2-13(18)23/h8-10,13H,1-7,23H2,(H2,24,26)(H2,25,28)/t13-/m1/s1. The molecular weight excluding hydrogens is 415 g/mol. The number of nitrogens with two attached hydrogens (primary N) is 3. The van der Waals surface area contributed by atoms with Crippen LogP contribution in [0.5, 0.6) is 0 Å². The van der Waals surface area contributed by atoms with E-state index in [4.69, 9.17) is 17.2 Å². The van der Waals surface area contributed by atoms with Gasteiger partial charge < -0.3 is 22.1 Å². The molecule has 2 aromatic rings. The van der Waals surface area contributed by atoms with Crippen molar-refractivity contribution in [3.05, 3.63) is 24.0 Å². The minimum Gasteiger partial charge on any atom is -0.384 e. The molecule has 1 saturated carbocycles. The average molecular weight is 440 g/mol. The number of pyridine rings is 1. The fraction of sp³-hybridized carbons (Fsp3) is 0.526. The van der Waals surface area contributed by atoms with Crippen LogP contribution in [0.2, 0.25) is 0 Å². The third kappa shape index (κ3) is 4.00. The van der Waals surface area contributed by atoms with E-state index in [0.717, 1.165) is 50.2 Å². The predicted octanol–water partition coefficient (Wildman–Crippen LogP) is 3.30. The van der Waals surface area contributed by atoms with Crippen molar-refractivity contribution in [3.63, 3.8) is 0 Å². The summed E-state index contributed by atoms with van der Waals surface area (Å²) in [5.41, 5.74) is 17.3. The zero-order valence-electron chi connectivity index (χ0n) is 16.3. The summed E-state index contributed by atoms with van der Waals surface area (Å²) in [6.07, 6.45) is 3.14. The van der Waals surface area contributed by atoms with Gasteiger partial charge in [-0.05, 0) is 37.2 Å². The summed E-state index contributed by atoms with van der Waals surface area (Å²) in [4.78, 5) is 14.2. The van der Waals surface area contributed by atoms with Gasteiger partial charge in [-0.3, -0.25) is 0 Å². The Bertz CT molecular complexity index is 929. The Labute approximate surface area is 176 Å². The van der Waals surface area contributed by atoms with E-state index in [1.807, 2.05) is 0 Å². The van der Waals surface area contributed by atoms with Crippen molar-refractivity contribution < 1.29 is 13.2 Å². The fourth-order valence-corrected chi connectivity index (χ4v) is 5.36. The molecule has 30 heavy (non-hydrogen) atoms. The Morgan fingerprint density at radius 3 is 2.43 bits per heavy atom. The summed E-state index contributed by atoms with van der Waals surface area (Å²) in [6.45, 7) is 1.63. The number of nitrogens with zero attached hydrogens (tertiary/aromatic N) is 4. The van der Waals surface area contributed by atoms with E-state index in [1.165, 1.54) is 12.8 Å². The molecule has 1 saturated heterocycles. The van der Waals surface area contributed by atoms with Crippen LogP contribution < -0.4 is 22.1 Å². The lowest BCUT2D eigenvalue weighted by Gasteiger charge is -2.42. The maximum absolute atomic E-state index is 13.3. The Morgan fingerprint density at radius 1 is 1.10 bits per heavy atom. The molecule has 11 heteroatoms. The molecule has 7 nitrogen and oxygen atoms in total. The van der Waals surface area contributed by atoms with Crippen LogP contribution in [-0.4, -0.2) is 34.1 Å². The molecule has 2 aliphatic rings. The van der Waals surface area contributed by atoms with Crippen LogP contribution in [0.4, 0.5) is 30.6 Å². The number of alkyl halides is 3. The van der Waals surface area contributed by atoms with Crippen LogP contribution in [0.1, 0.15) is 37.7 Å². The van der Waals surface area contributed by atoms with E-state index in [0.29, 0.717) is 12.0 Å². The first-order valence-corrected chi connectivity index (χ1v) is 10.6. The van der Waals surface area contributed by atoms with E-state index in [-0.39, 0.29) is 33.0 Å². The minimum absolute atomic E-state index is 0.0129. The molecule has 6 N–H and O–H groups in total. The summed E-state index contributed by atoms with van der Waals surface area (Å²) >= 11 is 0.779. The highest BCUT2D eigenvalue weighted by Crippen LogP contribution is 2.46. The quantitative estimate of drug-likeness (QED) is 0.666. The molecule has 1 atom stereocenters. The smallest absolute Gasteiger partial charge is 0.384 e. The van der Waals surface area contributed by atoms with Gasteiger partial charge in [0, 0.05) is 30.2 Å². The lowest BCUT2D eigenvalue weighted by molar-refractivity contribution is -0.140. The molecule has 0 bridgehead atoms. The highest BCUT2D eigenvalue weighted by atomic mass is 32.2. The second kappa shape index (κ2) is 7.77. The van der Waals surface area contributed by atoms with Gasteiger partial charge in [-0.2, -0.15) is 13.2 Å². The van der Waals surface area contributed by atoms with Crippen LogP contribution in [0, 0.1) is 5.41 Å². The summed E-state index contributed by atoms with van der Waals surface area (Å²) in [7, 11) is 0. The molecule has 0 unspecified atom stereocenters. The predicted molar refractivity (Wildman–Crippen MR) is 110 cm³/mol. The fourth-order valence-electron chi connectivity index (χ4n) is 4.43. The number of halogens is 3. The van der Waals surface area contributed by atoms with Crippen molar-refractivity contribution in [2.75, 3.05) is 29.5 Å². The molecule has 4 rings (SSSR count). The van der Waals surface area contributed by atoms with E-state index >= 15 is 0 Å². The minimum atomic E-state index is -4.56. The maximum atomic E-state index is 13.3. The first-order chi connectivity index (χ1) is 14.2. The zero-order valence-corrected chi connectivity index (χ0v) is 17.1. The van der Waals surface area contributed by atoms with Gasteiger partial charge >= 0.3 is 6.18 Å².